The van der Waals surface area contributed by atoms with Crippen molar-refractivity contribution < 1.29 is 4.79 Å². The van der Waals surface area contributed by atoms with E-state index in [2.05, 4.69) is 32.2 Å². The van der Waals surface area contributed by atoms with E-state index >= 15 is 0 Å². The normalized spacial score (nSPS) is 11.0. The molecule has 0 aliphatic carbocycles. The summed E-state index contributed by atoms with van der Waals surface area (Å²) >= 11 is 19.7. The molecule has 1 amide bonds. The minimum atomic E-state index is -0.112. The number of thioether (sulfide) groups is 1. The zero-order valence-electron chi connectivity index (χ0n) is 19.7. The fraction of sp³-hybridized carbons (Fsp3) is 0.320. The van der Waals surface area contributed by atoms with Gasteiger partial charge in [-0.1, -0.05) is 83.0 Å². The van der Waals surface area contributed by atoms with Crippen molar-refractivity contribution >= 4 is 58.3 Å². The Balaban J connectivity index is 1.59. The van der Waals surface area contributed by atoms with Gasteiger partial charge in [0.25, 0.3) is 0 Å². The fourth-order valence-corrected chi connectivity index (χ4v) is 4.67. The van der Waals surface area contributed by atoms with E-state index in [1.54, 1.807) is 18.2 Å². The Morgan fingerprint density at radius 1 is 1.00 bits per heavy atom. The summed E-state index contributed by atoms with van der Waals surface area (Å²) in [4.78, 5) is 25.7. The molecule has 0 saturated carbocycles. The molecule has 35 heavy (non-hydrogen) atoms. The average Bonchev–Trinajstić information content (AvgIpc) is 2.82. The highest BCUT2D eigenvalue weighted by Gasteiger charge is 2.14. The molecule has 3 rings (SSSR count). The van der Waals surface area contributed by atoms with Crippen molar-refractivity contribution in [3.8, 4) is 0 Å². The van der Waals surface area contributed by atoms with Crippen molar-refractivity contribution in [1.29, 1.82) is 0 Å². The molecule has 0 unspecified atom stereocenters. The summed E-state index contributed by atoms with van der Waals surface area (Å²) in [5, 5.41) is 4.89. The minimum absolute atomic E-state index is 0.112. The first kappa shape index (κ1) is 27.6. The van der Waals surface area contributed by atoms with Crippen LogP contribution in [-0.2, 0) is 17.8 Å². The summed E-state index contributed by atoms with van der Waals surface area (Å²) in [6.07, 6.45) is 0.616. The number of aromatic nitrogens is 2. The number of halogens is 3. The van der Waals surface area contributed by atoms with Gasteiger partial charge in [0.05, 0.1) is 5.75 Å². The average molecular weight is 553 g/mol. The molecule has 0 spiro atoms. The molecule has 1 aromatic heterocycles. The lowest BCUT2D eigenvalue weighted by molar-refractivity contribution is -0.118. The summed E-state index contributed by atoms with van der Waals surface area (Å²) in [6.45, 7) is 2.79. The van der Waals surface area contributed by atoms with Crippen LogP contribution in [0.3, 0.4) is 0 Å². The van der Waals surface area contributed by atoms with Crippen molar-refractivity contribution in [3.05, 3.63) is 80.9 Å². The van der Waals surface area contributed by atoms with Crippen LogP contribution in [0.4, 0.5) is 5.82 Å². The second-order valence-corrected chi connectivity index (χ2v) is 10.3. The van der Waals surface area contributed by atoms with Crippen molar-refractivity contribution in [2.24, 2.45) is 0 Å². The minimum Gasteiger partial charge on any atom is -0.355 e. The number of rotatable bonds is 12. The molecule has 2 aromatic carbocycles. The largest absolute Gasteiger partial charge is 0.355 e. The molecule has 1 heterocycles. The number of nitrogens with zero attached hydrogens (tertiary/aromatic N) is 4. The van der Waals surface area contributed by atoms with Crippen molar-refractivity contribution in [3.63, 3.8) is 0 Å². The maximum atomic E-state index is 12.4. The van der Waals surface area contributed by atoms with E-state index in [0.29, 0.717) is 39.9 Å². The molecule has 0 aliphatic rings. The molecule has 0 saturated heterocycles. The summed E-state index contributed by atoms with van der Waals surface area (Å²) in [5.41, 5.74) is 2.11. The first-order chi connectivity index (χ1) is 16.8. The van der Waals surface area contributed by atoms with E-state index in [9.17, 15) is 4.79 Å². The summed E-state index contributed by atoms with van der Waals surface area (Å²) in [6, 6.07) is 17.3. The highest BCUT2D eigenvalue weighted by molar-refractivity contribution is 7.99. The molecule has 186 valence electrons. The molecule has 0 aliphatic heterocycles. The number of hydrogen-bond donors (Lipinski definition) is 1. The Kier molecular flexibility index (Phi) is 10.9. The molecule has 0 radical (unpaired) electrons. The third-order valence-electron chi connectivity index (χ3n) is 5.08. The van der Waals surface area contributed by atoms with Crippen molar-refractivity contribution in [2.75, 3.05) is 44.4 Å². The van der Waals surface area contributed by atoms with Crippen LogP contribution in [0.25, 0.3) is 0 Å². The highest BCUT2D eigenvalue weighted by atomic mass is 35.5. The van der Waals surface area contributed by atoms with Gasteiger partial charge in [0.1, 0.15) is 11.0 Å². The Bertz CT molecular complexity index is 1120. The third-order valence-corrected chi connectivity index (χ3v) is 6.71. The predicted octanol–water partition coefficient (Wildman–Crippen LogP) is 5.46. The van der Waals surface area contributed by atoms with Crippen LogP contribution in [0.5, 0.6) is 0 Å². The zero-order valence-corrected chi connectivity index (χ0v) is 22.8. The fourth-order valence-electron chi connectivity index (χ4n) is 3.25. The smallest absolute Gasteiger partial charge is 0.230 e. The van der Waals surface area contributed by atoms with Crippen molar-refractivity contribution in [1.82, 2.24) is 20.2 Å². The van der Waals surface area contributed by atoms with E-state index in [1.165, 1.54) is 17.3 Å². The lowest BCUT2D eigenvalue weighted by atomic mass is 10.1. The molecule has 6 nitrogen and oxygen atoms in total. The van der Waals surface area contributed by atoms with Crippen molar-refractivity contribution in [2.45, 2.75) is 18.1 Å². The Labute approximate surface area is 226 Å². The molecule has 3 aromatic rings. The lowest BCUT2D eigenvalue weighted by Gasteiger charge is -2.26. The van der Waals surface area contributed by atoms with Gasteiger partial charge in [-0.3, -0.25) is 4.79 Å². The Hall–Kier alpha value is -2.03. The topological polar surface area (TPSA) is 61.4 Å². The number of carbonyl (C=O) groups excluding carboxylic acids is 1. The van der Waals surface area contributed by atoms with E-state index in [-0.39, 0.29) is 11.7 Å². The number of benzene rings is 2. The van der Waals surface area contributed by atoms with Gasteiger partial charge < -0.3 is 15.1 Å². The molecule has 0 atom stereocenters. The standard InChI is InChI=1S/C25H28Cl3N5OS/c1-32(2)12-13-33(16-18-6-4-3-5-7-18)23-15-22(28)30-25(31-23)35-17-24(34)29-11-10-19-8-9-20(26)14-21(19)27/h3-9,14-15H,10-13,16-17H2,1-2H3,(H,29,34). The van der Waals surface area contributed by atoms with Gasteiger partial charge >= 0.3 is 0 Å². The van der Waals surface area contributed by atoms with Crippen LogP contribution in [0.2, 0.25) is 15.2 Å². The number of nitrogens with one attached hydrogen (secondary N) is 1. The van der Waals surface area contributed by atoms with Crippen LogP contribution >= 0.6 is 46.6 Å². The zero-order chi connectivity index (χ0) is 25.2. The second kappa shape index (κ2) is 13.9. The first-order valence-corrected chi connectivity index (χ1v) is 13.2. The number of amides is 1. The van der Waals surface area contributed by atoms with E-state index in [1.807, 2.05) is 38.4 Å². The summed E-state index contributed by atoms with van der Waals surface area (Å²) < 4.78 is 0. The van der Waals surface area contributed by atoms with E-state index in [4.69, 9.17) is 39.8 Å². The van der Waals surface area contributed by atoms with Gasteiger partial charge in [-0.2, -0.15) is 0 Å². The van der Waals surface area contributed by atoms with Gasteiger partial charge in [-0.05, 0) is 43.8 Å². The molecule has 1 N–H and O–H groups in total. The monoisotopic (exact) mass is 551 g/mol. The van der Waals surface area contributed by atoms with E-state index in [0.717, 1.165) is 24.5 Å². The summed E-state index contributed by atoms with van der Waals surface area (Å²) in [5.74, 6) is 0.805. The number of hydrogen-bond acceptors (Lipinski definition) is 6. The molecule has 10 heteroatoms. The maximum Gasteiger partial charge on any atom is 0.230 e. The SMILES string of the molecule is CN(C)CCN(Cc1ccccc1)c1cc(Cl)nc(SCC(=O)NCCc2ccc(Cl)cc2Cl)n1. The van der Waals surface area contributed by atoms with Gasteiger partial charge in [-0.15, -0.1) is 0 Å². The second-order valence-electron chi connectivity index (χ2n) is 8.17. The molecule has 0 fully saturated rings. The predicted molar refractivity (Wildman–Crippen MR) is 147 cm³/mol. The van der Waals surface area contributed by atoms with Crippen LogP contribution in [0, 0.1) is 0 Å². The maximum absolute atomic E-state index is 12.4. The van der Waals surface area contributed by atoms with Crippen LogP contribution < -0.4 is 10.2 Å². The molecule has 0 bridgehead atoms. The van der Waals surface area contributed by atoms with Crippen LogP contribution in [0.1, 0.15) is 11.1 Å². The lowest BCUT2D eigenvalue weighted by Crippen LogP contribution is -2.32. The quantitative estimate of drug-likeness (QED) is 0.183. The first-order valence-electron chi connectivity index (χ1n) is 11.1. The van der Waals surface area contributed by atoms with Gasteiger partial charge in [0.15, 0.2) is 5.16 Å². The van der Waals surface area contributed by atoms with E-state index < -0.39 is 0 Å². The van der Waals surface area contributed by atoms with Gasteiger partial charge in [-0.25, -0.2) is 9.97 Å². The highest BCUT2D eigenvalue weighted by Crippen LogP contribution is 2.24. The number of likely N-dealkylation sites (N-methyl/N-ethyl adjacent to an activating group) is 1. The van der Waals surface area contributed by atoms with Crippen LogP contribution in [0.15, 0.2) is 59.8 Å². The molecular weight excluding hydrogens is 525 g/mol. The number of anilines is 1. The number of carbonyl (C=O) groups is 1. The van der Waals surface area contributed by atoms with Gasteiger partial charge in [0.2, 0.25) is 5.91 Å². The van der Waals surface area contributed by atoms with Crippen LogP contribution in [-0.4, -0.2) is 60.3 Å². The molecular formula is C25H28Cl3N5OS. The van der Waals surface area contributed by atoms with Gasteiger partial charge in [0, 0.05) is 42.3 Å². The Morgan fingerprint density at radius 3 is 2.49 bits per heavy atom. The Morgan fingerprint density at radius 2 is 1.77 bits per heavy atom. The summed E-state index contributed by atoms with van der Waals surface area (Å²) in [7, 11) is 4.07. The third kappa shape index (κ3) is 9.50.